The third-order valence-electron chi connectivity index (χ3n) is 6.67. The molecule has 0 radical (unpaired) electrons. The van der Waals surface area contributed by atoms with E-state index in [0.717, 1.165) is 0 Å². The Kier molecular flexibility index (Phi) is 3.45. The first kappa shape index (κ1) is 14.8. The van der Waals surface area contributed by atoms with Crippen molar-refractivity contribution >= 4 is 14.1 Å². The maximum Gasteiger partial charge on any atom is 0.200 e. The molecule has 4 rings (SSSR count). The minimum Gasteiger partial charge on any atom is -0.412 e. The predicted molar refractivity (Wildman–Crippen MR) is 84.1 cm³/mol. The Morgan fingerprint density at radius 1 is 1.00 bits per heavy atom. The highest BCUT2D eigenvalue weighted by atomic mass is 28.4. The molecule has 114 valence electrons. The number of carbonyl (C=O) groups excluding carboxylic acids is 1. The number of carbonyl (C=O) groups is 1. The molecule has 4 saturated carbocycles. The van der Waals surface area contributed by atoms with E-state index in [9.17, 15) is 4.79 Å². The van der Waals surface area contributed by atoms with Crippen LogP contribution in [0, 0.1) is 23.7 Å². The molecule has 0 unspecified atom stereocenters. The summed E-state index contributed by atoms with van der Waals surface area (Å²) in [4.78, 5) is 12.3. The molecule has 0 amide bonds. The summed E-state index contributed by atoms with van der Waals surface area (Å²) in [6, 6.07) is 0. The Balaban J connectivity index is 1.87. The highest BCUT2D eigenvalue weighted by Crippen LogP contribution is 2.63. The van der Waals surface area contributed by atoms with Crippen LogP contribution in [-0.2, 0) is 9.22 Å². The van der Waals surface area contributed by atoms with Crippen molar-refractivity contribution in [3.8, 4) is 0 Å². The topological polar surface area (TPSA) is 26.3 Å². The van der Waals surface area contributed by atoms with E-state index in [4.69, 9.17) is 4.43 Å². The average molecular weight is 295 g/mol. The molecule has 0 aromatic heterocycles. The minimum absolute atomic E-state index is 0.271. The fourth-order valence-corrected chi connectivity index (χ4v) is 11.7. The lowest BCUT2D eigenvalue weighted by Gasteiger charge is -2.45. The van der Waals surface area contributed by atoms with Crippen LogP contribution < -0.4 is 0 Å². The molecule has 3 heteroatoms. The molecular formula is C17H30O2Si. The largest absolute Gasteiger partial charge is 0.412 e. The van der Waals surface area contributed by atoms with E-state index >= 15 is 0 Å². The van der Waals surface area contributed by atoms with E-state index in [0.29, 0.717) is 40.2 Å². The van der Waals surface area contributed by atoms with Gasteiger partial charge in [0.05, 0.1) is 6.10 Å². The molecule has 0 aromatic carbocycles. The first-order valence-electron chi connectivity index (χ1n) is 8.52. The molecule has 20 heavy (non-hydrogen) atoms. The van der Waals surface area contributed by atoms with E-state index < -0.39 is 8.32 Å². The Morgan fingerprint density at radius 3 is 1.90 bits per heavy atom. The van der Waals surface area contributed by atoms with Gasteiger partial charge in [0.25, 0.3) is 0 Å². The smallest absolute Gasteiger partial charge is 0.200 e. The summed E-state index contributed by atoms with van der Waals surface area (Å²) in [5, 5.41) is 0. The molecule has 4 fully saturated rings. The zero-order valence-corrected chi connectivity index (χ0v) is 14.8. The summed E-state index contributed by atoms with van der Waals surface area (Å²) in [6.07, 6.45) is 2.73. The lowest BCUT2D eigenvalue weighted by atomic mass is 9.98. The van der Waals surface area contributed by atoms with Crippen LogP contribution in [0.2, 0.25) is 16.6 Å². The van der Waals surface area contributed by atoms with Crippen LogP contribution in [0.3, 0.4) is 0 Å². The van der Waals surface area contributed by atoms with Crippen LogP contribution >= 0.6 is 0 Å². The van der Waals surface area contributed by atoms with Gasteiger partial charge >= 0.3 is 0 Å². The van der Waals surface area contributed by atoms with E-state index in [1.165, 1.54) is 12.8 Å². The number of hydrogen-bond donors (Lipinski definition) is 0. The Labute approximate surface area is 124 Å². The molecule has 0 aliphatic heterocycles. The molecule has 2 nitrogen and oxygen atoms in total. The normalized spacial score (nSPS) is 39.2. The molecular weight excluding hydrogens is 264 g/mol. The maximum absolute atomic E-state index is 12.3. The van der Waals surface area contributed by atoms with Crippen molar-refractivity contribution in [3.05, 3.63) is 0 Å². The molecule has 0 spiro atoms. The van der Waals surface area contributed by atoms with Gasteiger partial charge in [-0.2, -0.15) is 0 Å². The summed E-state index contributed by atoms with van der Waals surface area (Å²) in [7, 11) is -1.83. The number of hydrogen-bond acceptors (Lipinski definition) is 2. The Morgan fingerprint density at radius 2 is 1.55 bits per heavy atom. The van der Waals surface area contributed by atoms with Crippen molar-refractivity contribution in [3.63, 3.8) is 0 Å². The fraction of sp³-hybridized carbons (Fsp3) is 0.941. The van der Waals surface area contributed by atoms with Crippen molar-refractivity contribution in [2.75, 3.05) is 0 Å². The van der Waals surface area contributed by atoms with Crippen molar-refractivity contribution < 1.29 is 9.22 Å². The minimum atomic E-state index is -1.83. The van der Waals surface area contributed by atoms with E-state index in [1.807, 2.05) is 0 Å². The van der Waals surface area contributed by atoms with E-state index in [1.54, 1.807) is 0 Å². The second kappa shape index (κ2) is 4.67. The van der Waals surface area contributed by atoms with Gasteiger partial charge in [-0.15, -0.1) is 0 Å². The molecule has 4 aliphatic carbocycles. The quantitative estimate of drug-likeness (QED) is 0.702. The molecule has 0 aromatic rings. The van der Waals surface area contributed by atoms with Gasteiger partial charge in [0.15, 0.2) is 0 Å². The second-order valence-corrected chi connectivity index (χ2v) is 13.7. The van der Waals surface area contributed by atoms with Crippen molar-refractivity contribution in [2.24, 2.45) is 23.7 Å². The van der Waals surface area contributed by atoms with Crippen LogP contribution in [0.4, 0.5) is 0 Å². The fourth-order valence-electron chi connectivity index (χ4n) is 6.08. The summed E-state index contributed by atoms with van der Waals surface area (Å²) < 4.78 is 6.96. The van der Waals surface area contributed by atoms with Gasteiger partial charge in [0.1, 0.15) is 5.78 Å². The summed E-state index contributed by atoms with van der Waals surface area (Å²) in [5.74, 6) is 2.43. The molecule has 0 N–H and O–H groups in total. The monoisotopic (exact) mass is 294 g/mol. The highest BCUT2D eigenvalue weighted by molar-refractivity contribution is 6.77. The van der Waals surface area contributed by atoms with E-state index in [-0.39, 0.29) is 12.0 Å². The van der Waals surface area contributed by atoms with Gasteiger partial charge in [-0.1, -0.05) is 41.5 Å². The third kappa shape index (κ3) is 1.68. The first-order valence-corrected chi connectivity index (χ1v) is 10.7. The molecule has 5 atom stereocenters. The van der Waals surface area contributed by atoms with Crippen LogP contribution in [0.5, 0.6) is 0 Å². The SMILES string of the molecule is CC(C)[Si](O[C@H]1[C@H]2C[C@@H]3C[C@H]2C(=O)[C@@H]31)(C(C)C)C(C)C. The van der Waals surface area contributed by atoms with Gasteiger partial charge in [-0.3, -0.25) is 4.79 Å². The number of Topliss-reactive ketones (excluding diaryl/α,β-unsaturated/α-hetero) is 1. The van der Waals surface area contributed by atoms with Gasteiger partial charge in [-0.05, 0) is 41.3 Å². The van der Waals surface area contributed by atoms with Crippen LogP contribution in [0.15, 0.2) is 0 Å². The summed E-state index contributed by atoms with van der Waals surface area (Å²) in [5.41, 5.74) is 1.86. The number of rotatable bonds is 5. The molecule has 4 aliphatic rings. The predicted octanol–water partition coefficient (Wildman–Crippen LogP) is 4.40. The third-order valence-corrected chi connectivity index (χ3v) is 12.8. The van der Waals surface area contributed by atoms with Crippen molar-refractivity contribution in [2.45, 2.75) is 77.1 Å². The Hall–Kier alpha value is -0.153. The zero-order chi connectivity index (χ0) is 14.8. The average Bonchev–Trinajstić information content (AvgIpc) is 3.02. The first-order chi connectivity index (χ1) is 9.30. The summed E-state index contributed by atoms with van der Waals surface area (Å²) >= 11 is 0. The Bertz CT molecular complexity index is 393. The zero-order valence-electron chi connectivity index (χ0n) is 13.8. The van der Waals surface area contributed by atoms with Crippen LogP contribution in [0.1, 0.15) is 54.4 Å². The van der Waals surface area contributed by atoms with E-state index in [2.05, 4.69) is 41.5 Å². The number of ketones is 1. The van der Waals surface area contributed by atoms with Crippen LogP contribution in [-0.4, -0.2) is 20.2 Å². The molecule has 0 saturated heterocycles. The lowest BCUT2D eigenvalue weighted by Crippen LogP contribution is -2.51. The van der Waals surface area contributed by atoms with Gasteiger partial charge in [0, 0.05) is 11.8 Å². The van der Waals surface area contributed by atoms with Gasteiger partial charge in [0.2, 0.25) is 8.32 Å². The standard InChI is InChI=1S/C17H30O2Si/c1-9(2)20(10(3)4,11(5)6)19-17-14-8-12-7-13(14)16(18)15(12)17/h9-15,17H,7-8H2,1-6H3/t12-,13+,14-,15+,17-/m0/s1. The molecule has 4 bridgehead atoms. The maximum atomic E-state index is 12.3. The summed E-state index contributed by atoms with van der Waals surface area (Å²) in [6.45, 7) is 14.0. The van der Waals surface area contributed by atoms with Crippen molar-refractivity contribution in [1.82, 2.24) is 0 Å². The van der Waals surface area contributed by atoms with Crippen LogP contribution in [0.25, 0.3) is 0 Å². The van der Waals surface area contributed by atoms with Crippen molar-refractivity contribution in [1.29, 1.82) is 0 Å². The highest BCUT2D eigenvalue weighted by Gasteiger charge is 2.67. The van der Waals surface area contributed by atoms with Gasteiger partial charge < -0.3 is 4.43 Å². The lowest BCUT2D eigenvalue weighted by molar-refractivity contribution is -0.123. The second-order valence-electron chi connectivity index (χ2n) is 8.33. The van der Waals surface area contributed by atoms with Gasteiger partial charge in [-0.25, -0.2) is 0 Å². The molecule has 0 heterocycles.